The third-order valence-corrected chi connectivity index (χ3v) is 6.57. The van der Waals surface area contributed by atoms with Crippen LogP contribution in [0.5, 0.6) is 0 Å². The minimum absolute atomic E-state index is 0.0418. The lowest BCUT2D eigenvalue weighted by atomic mass is 9.74. The molecule has 2 saturated heterocycles. The van der Waals surface area contributed by atoms with Gasteiger partial charge in [0, 0.05) is 31.1 Å². The summed E-state index contributed by atoms with van der Waals surface area (Å²) in [4.78, 5) is 4.26. The molecule has 162 valence electrons. The van der Waals surface area contributed by atoms with Crippen molar-refractivity contribution in [1.29, 1.82) is 0 Å². The van der Waals surface area contributed by atoms with Gasteiger partial charge in [0.05, 0.1) is 13.0 Å². The first-order chi connectivity index (χ1) is 14.5. The van der Waals surface area contributed by atoms with Gasteiger partial charge in [-0.2, -0.15) is 13.2 Å². The van der Waals surface area contributed by atoms with Crippen LogP contribution in [0, 0.1) is 0 Å². The molecule has 2 aliphatic heterocycles. The normalized spacial score (nSPS) is 25.8. The second kappa shape index (κ2) is 9.08. The number of alkyl halides is 3. The predicted molar refractivity (Wildman–Crippen MR) is 112 cm³/mol. The first-order valence-electron chi connectivity index (χ1n) is 10.8. The van der Waals surface area contributed by atoms with Gasteiger partial charge in [-0.05, 0) is 42.6 Å². The Kier molecular flexibility index (Phi) is 6.46. The molecule has 2 aromatic rings. The Bertz CT molecular complexity index is 809. The van der Waals surface area contributed by atoms with Crippen LogP contribution in [0.15, 0.2) is 54.6 Å². The number of aliphatic hydroxyl groups is 1. The van der Waals surface area contributed by atoms with Crippen LogP contribution in [0.3, 0.4) is 0 Å². The van der Waals surface area contributed by atoms with Crippen molar-refractivity contribution in [2.75, 3.05) is 32.8 Å². The summed E-state index contributed by atoms with van der Waals surface area (Å²) >= 11 is 0. The van der Waals surface area contributed by atoms with E-state index in [1.54, 1.807) is 0 Å². The highest BCUT2D eigenvalue weighted by Crippen LogP contribution is 2.42. The van der Waals surface area contributed by atoms with Crippen LogP contribution in [0.25, 0.3) is 11.1 Å². The van der Waals surface area contributed by atoms with Crippen LogP contribution in [0.4, 0.5) is 13.2 Å². The molecule has 2 heterocycles. The Morgan fingerprint density at radius 1 is 0.900 bits per heavy atom. The Labute approximate surface area is 176 Å². The van der Waals surface area contributed by atoms with E-state index in [1.165, 1.54) is 0 Å². The van der Waals surface area contributed by atoms with Gasteiger partial charge in [-0.3, -0.25) is 4.90 Å². The molecular weight excluding hydrogens is 389 g/mol. The van der Waals surface area contributed by atoms with Crippen molar-refractivity contribution in [3.05, 3.63) is 60.2 Å². The van der Waals surface area contributed by atoms with Crippen molar-refractivity contribution >= 4 is 0 Å². The number of aliphatic hydroxyl groups excluding tert-OH is 1. The molecular formula is C24H29F3N2O. The van der Waals surface area contributed by atoms with Crippen LogP contribution in [-0.2, 0) is 0 Å². The number of rotatable bonds is 5. The van der Waals surface area contributed by atoms with Gasteiger partial charge in [0.15, 0.2) is 0 Å². The molecule has 2 aliphatic rings. The molecule has 0 spiro atoms. The lowest BCUT2D eigenvalue weighted by molar-refractivity contribution is -0.140. The molecule has 0 radical (unpaired) electrons. The fourth-order valence-corrected chi connectivity index (χ4v) is 5.03. The number of hydrogen-bond acceptors (Lipinski definition) is 3. The van der Waals surface area contributed by atoms with Crippen LogP contribution in [0.2, 0.25) is 0 Å². The standard InChI is InChI=1S/C24H29F3N2O/c25-24(26,27)12-15-28-13-4-5-14-29-21(16-28)23(22(29)17-30)20-10-8-19(9-11-20)18-6-2-1-3-7-18/h1-3,6-11,21-23,30H,4-5,12-17H2/t21-,22+,23-/m0/s1. The Balaban J connectivity index is 1.51. The first-order valence-corrected chi connectivity index (χ1v) is 10.8. The Morgan fingerprint density at radius 3 is 2.23 bits per heavy atom. The first kappa shape index (κ1) is 21.3. The third-order valence-electron chi connectivity index (χ3n) is 6.57. The zero-order valence-electron chi connectivity index (χ0n) is 17.1. The van der Waals surface area contributed by atoms with E-state index in [0.717, 1.165) is 36.1 Å². The quantitative estimate of drug-likeness (QED) is 0.773. The topological polar surface area (TPSA) is 26.7 Å². The number of hydrogen-bond donors (Lipinski definition) is 1. The smallest absolute Gasteiger partial charge is 0.390 e. The molecule has 30 heavy (non-hydrogen) atoms. The highest BCUT2D eigenvalue weighted by atomic mass is 19.4. The molecule has 3 nitrogen and oxygen atoms in total. The second-order valence-corrected chi connectivity index (χ2v) is 8.44. The van der Waals surface area contributed by atoms with Gasteiger partial charge < -0.3 is 10.0 Å². The van der Waals surface area contributed by atoms with E-state index in [0.29, 0.717) is 13.1 Å². The van der Waals surface area contributed by atoms with Crippen molar-refractivity contribution in [3.8, 4) is 11.1 Å². The molecule has 2 fully saturated rings. The Morgan fingerprint density at radius 2 is 1.57 bits per heavy atom. The molecule has 6 heteroatoms. The largest absolute Gasteiger partial charge is 0.395 e. The lowest BCUT2D eigenvalue weighted by Gasteiger charge is -2.57. The minimum atomic E-state index is -4.12. The molecule has 0 aromatic heterocycles. The number of benzene rings is 2. The summed E-state index contributed by atoms with van der Waals surface area (Å²) in [7, 11) is 0. The van der Waals surface area contributed by atoms with Crippen molar-refractivity contribution < 1.29 is 18.3 Å². The average Bonchev–Trinajstić information content (AvgIpc) is 2.72. The molecule has 3 atom stereocenters. The van der Waals surface area contributed by atoms with Crippen LogP contribution >= 0.6 is 0 Å². The fraction of sp³-hybridized carbons (Fsp3) is 0.500. The summed E-state index contributed by atoms with van der Waals surface area (Å²) < 4.78 is 38.2. The maximum atomic E-state index is 12.7. The zero-order valence-corrected chi connectivity index (χ0v) is 17.1. The maximum absolute atomic E-state index is 12.7. The summed E-state index contributed by atoms with van der Waals surface area (Å²) in [5.41, 5.74) is 3.45. The van der Waals surface area contributed by atoms with Gasteiger partial charge >= 0.3 is 6.18 Å². The highest BCUT2D eigenvalue weighted by Gasteiger charge is 2.49. The average molecular weight is 419 g/mol. The molecule has 0 bridgehead atoms. The summed E-state index contributed by atoms with van der Waals surface area (Å²) in [5.74, 6) is 0.145. The summed E-state index contributed by atoms with van der Waals surface area (Å²) in [6.45, 7) is 2.37. The van der Waals surface area contributed by atoms with E-state index in [2.05, 4.69) is 41.3 Å². The molecule has 0 unspecified atom stereocenters. The van der Waals surface area contributed by atoms with E-state index in [-0.39, 0.29) is 31.2 Å². The van der Waals surface area contributed by atoms with Crippen LogP contribution < -0.4 is 0 Å². The molecule has 4 rings (SSSR count). The number of nitrogens with zero attached hydrogens (tertiary/aromatic N) is 2. The monoisotopic (exact) mass is 418 g/mol. The number of halogens is 3. The highest BCUT2D eigenvalue weighted by molar-refractivity contribution is 5.63. The van der Waals surface area contributed by atoms with Gasteiger partial charge in [0.1, 0.15) is 0 Å². The summed E-state index contributed by atoms with van der Waals surface area (Å²) in [6.07, 6.45) is -3.04. The lowest BCUT2D eigenvalue weighted by Crippen LogP contribution is -2.67. The summed E-state index contributed by atoms with van der Waals surface area (Å²) in [5, 5.41) is 10.0. The van der Waals surface area contributed by atoms with E-state index in [4.69, 9.17) is 0 Å². The van der Waals surface area contributed by atoms with Crippen molar-refractivity contribution in [1.82, 2.24) is 9.80 Å². The predicted octanol–water partition coefficient (Wildman–Crippen LogP) is 4.53. The van der Waals surface area contributed by atoms with E-state index in [1.807, 2.05) is 23.1 Å². The van der Waals surface area contributed by atoms with Gasteiger partial charge in [0.25, 0.3) is 0 Å². The van der Waals surface area contributed by atoms with Crippen LogP contribution in [-0.4, -0.2) is 66.0 Å². The van der Waals surface area contributed by atoms with Gasteiger partial charge in [-0.25, -0.2) is 0 Å². The van der Waals surface area contributed by atoms with Crippen molar-refractivity contribution in [2.45, 2.75) is 43.4 Å². The van der Waals surface area contributed by atoms with E-state index < -0.39 is 12.6 Å². The molecule has 0 aliphatic carbocycles. The molecule has 0 saturated carbocycles. The zero-order chi connectivity index (χ0) is 21.1. The number of fused-ring (bicyclic) bond motifs is 1. The van der Waals surface area contributed by atoms with E-state index in [9.17, 15) is 18.3 Å². The van der Waals surface area contributed by atoms with Crippen molar-refractivity contribution in [2.24, 2.45) is 0 Å². The molecule has 2 aromatic carbocycles. The third kappa shape index (κ3) is 4.71. The molecule has 0 amide bonds. The molecule has 1 N–H and O–H groups in total. The second-order valence-electron chi connectivity index (χ2n) is 8.44. The Hall–Kier alpha value is -1.89. The maximum Gasteiger partial charge on any atom is 0.390 e. The van der Waals surface area contributed by atoms with E-state index >= 15 is 0 Å². The SMILES string of the molecule is OC[C@@H]1[C@@H](c2ccc(-c3ccccc3)cc2)[C@@H]2CN(CCC(F)(F)F)CCCCN12. The van der Waals surface area contributed by atoms with Gasteiger partial charge in [-0.15, -0.1) is 0 Å². The van der Waals surface area contributed by atoms with Crippen molar-refractivity contribution in [3.63, 3.8) is 0 Å². The van der Waals surface area contributed by atoms with Gasteiger partial charge in [0.2, 0.25) is 0 Å². The van der Waals surface area contributed by atoms with Gasteiger partial charge in [-0.1, -0.05) is 54.6 Å². The summed E-state index contributed by atoms with van der Waals surface area (Å²) in [6, 6.07) is 18.8. The van der Waals surface area contributed by atoms with Crippen LogP contribution in [0.1, 0.15) is 30.7 Å². The minimum Gasteiger partial charge on any atom is -0.395 e. The fourth-order valence-electron chi connectivity index (χ4n) is 5.03.